The molecule has 0 fully saturated rings. The molecule has 0 saturated carbocycles. The molecule has 96 heavy (non-hydrogen) atoms. The van der Waals surface area contributed by atoms with Crippen molar-refractivity contribution in [1.82, 2.24) is 73.6 Å². The second kappa shape index (κ2) is 39.9. The van der Waals surface area contributed by atoms with Crippen LogP contribution < -0.4 is 69.5 Å². The van der Waals surface area contributed by atoms with E-state index in [-0.39, 0.29) is 146 Å². The minimum atomic E-state index is -0.920. The van der Waals surface area contributed by atoms with Crippen molar-refractivity contribution >= 4 is 70.9 Å². The highest BCUT2D eigenvalue weighted by molar-refractivity contribution is 6.11. The number of benzene rings is 4. The Labute approximate surface area is 552 Å². The Balaban J connectivity index is 1.75. The van der Waals surface area contributed by atoms with Gasteiger partial charge in [-0.1, -0.05) is 0 Å². The summed E-state index contributed by atoms with van der Waals surface area (Å²) >= 11 is 0. The van der Waals surface area contributed by atoms with Crippen LogP contribution in [-0.2, 0) is 14.2 Å². The summed E-state index contributed by atoms with van der Waals surface area (Å²) in [5.74, 6) is -12.7. The predicted molar refractivity (Wildman–Crippen MR) is 347 cm³/mol. The van der Waals surface area contributed by atoms with Gasteiger partial charge in [-0.3, -0.25) is 67.3 Å². The Morgan fingerprint density at radius 2 is 0.510 bits per heavy atom. The lowest BCUT2D eigenvalue weighted by atomic mass is 10.0. The molecule has 0 radical (unpaired) electrons. The number of aromatic hydroxyl groups is 4. The molecule has 0 spiro atoms. The van der Waals surface area contributed by atoms with Gasteiger partial charge in [-0.05, 0) is 61.5 Å². The number of hydrogen-bond acceptors (Lipinski definition) is 22. The summed E-state index contributed by atoms with van der Waals surface area (Å²) < 4.78 is 15.0. The molecule has 18 N–H and O–H groups in total. The molecule has 0 unspecified atom stereocenters. The molecular weight excluding hydrogens is 1260 g/mol. The van der Waals surface area contributed by atoms with E-state index in [9.17, 15) is 78.0 Å². The number of ether oxygens (including phenoxy) is 3. The van der Waals surface area contributed by atoms with Gasteiger partial charge in [-0.25, -0.2) is 0 Å². The van der Waals surface area contributed by atoms with Crippen molar-refractivity contribution in [3.05, 3.63) is 115 Å². The monoisotopic (exact) mass is 1340 g/mol. The van der Waals surface area contributed by atoms with Gasteiger partial charge in [-0.15, -0.1) is 0 Å². The van der Waals surface area contributed by atoms with Crippen LogP contribution in [0.5, 0.6) is 23.0 Å². The molecule has 0 bridgehead atoms. The van der Waals surface area contributed by atoms with E-state index in [4.69, 9.17) is 19.9 Å². The molecule has 12 amide bonds. The van der Waals surface area contributed by atoms with E-state index in [0.717, 1.165) is 48.5 Å². The second-order valence-electron chi connectivity index (χ2n) is 20.8. The van der Waals surface area contributed by atoms with Crippen molar-refractivity contribution in [2.24, 2.45) is 5.73 Å². The molecule has 4 aromatic rings. The first-order chi connectivity index (χ1) is 45.9. The van der Waals surface area contributed by atoms with Gasteiger partial charge in [0.15, 0.2) is 0 Å². The number of phenols is 4. The van der Waals surface area contributed by atoms with Crippen LogP contribution in [0.15, 0.2) is 48.5 Å². The maximum Gasteiger partial charge on any atom is 0.255 e. The van der Waals surface area contributed by atoms with Crippen LogP contribution in [0.4, 0.5) is 0 Å². The van der Waals surface area contributed by atoms with Crippen molar-refractivity contribution in [3.8, 4) is 23.0 Å². The third kappa shape index (κ3) is 22.6. The number of nitrogens with one attached hydrogen (secondary N) is 12. The molecule has 4 rings (SSSR count). The first kappa shape index (κ1) is 77.9. The first-order valence-electron chi connectivity index (χ1n) is 30.2. The molecule has 0 atom stereocenters. The summed E-state index contributed by atoms with van der Waals surface area (Å²) in [6.45, 7) is -0.0256. The number of rotatable bonds is 39. The molecule has 0 aliphatic heterocycles. The Kier molecular flexibility index (Phi) is 32.4. The number of nitrogens with zero attached hydrogens (tertiary/aromatic N) is 2. The molecule has 0 aromatic heterocycles. The third-order valence-corrected chi connectivity index (χ3v) is 14.4. The predicted octanol–water partition coefficient (Wildman–Crippen LogP) is -3.22. The molecule has 0 saturated heterocycles. The van der Waals surface area contributed by atoms with Crippen LogP contribution in [0.25, 0.3) is 0 Å². The van der Waals surface area contributed by atoms with E-state index in [1.54, 1.807) is 9.80 Å². The fraction of sp³-hybridized carbons (Fsp3) is 0.419. The molecule has 0 aliphatic carbocycles. The van der Waals surface area contributed by atoms with E-state index in [1.807, 2.05) is 0 Å². The summed E-state index contributed by atoms with van der Waals surface area (Å²) in [4.78, 5) is 164. The second-order valence-corrected chi connectivity index (χ2v) is 20.8. The zero-order chi connectivity index (χ0) is 71.0. The Hall–Kier alpha value is -10.5. The van der Waals surface area contributed by atoms with Crippen molar-refractivity contribution in [1.29, 1.82) is 0 Å². The molecule has 0 heterocycles. The fourth-order valence-electron chi connectivity index (χ4n) is 9.14. The Bertz CT molecular complexity index is 3030. The number of carbonyl (C=O) groups is 12. The normalized spacial score (nSPS) is 10.8. The SMILES string of the molecule is CNC(=O)c1cc(C(=O)NCCCN)cc(C(=O)NCCN(CCNC(=O)c2cc(C(=O)NCCOC)cc(C(=O)NC)c2O)CCN(CCNC(=O)c2cc(C(=O)NCCOC)cc(C(=O)NC)c2O)CCNC(=O)c2cc(C(=O)NCCOC)cc(C(=O)NC)c2O)c1O. The quantitative estimate of drug-likeness (QED) is 0.0195. The average Bonchev–Trinajstić information content (AvgIpc) is 0.836. The van der Waals surface area contributed by atoms with Gasteiger partial charge in [0.05, 0.1) is 64.3 Å². The van der Waals surface area contributed by atoms with Gasteiger partial charge in [-0.2, -0.15) is 0 Å². The standard InChI is InChI=1S/C62H85N15O19/c1-64-55(86)39-27-35(51(82)68-10-8-9-63)31-43(47(39)78)59(90)69-11-18-76(19-12-70-60(91)44-32-36(52(83)73-15-24-94-5)28-40(48(44)79)56(87)65-2)22-23-77(20-13-71-61(92)45-33-37(53(84)74-16-25-95-6)29-41(49(45)80)57(88)66-3)21-14-72-62(93)46-34-38(54(85)75-17-26-96-7)30-42(50(46)81)58(89)67-4/h27-34,78-81H,8-26,63H2,1-7H3,(H,64,86)(H,65,87)(H,66,88)(H,67,89)(H,68,82)(H,69,90)(H,70,91)(H,71,92)(H,72,93)(H,73,83)(H,74,84)(H,75,85). The lowest BCUT2D eigenvalue weighted by molar-refractivity contribution is 0.0911. The highest BCUT2D eigenvalue weighted by atomic mass is 16.5. The Morgan fingerprint density at radius 3 is 0.708 bits per heavy atom. The number of phenolic OH excluding ortho intramolecular Hbond substituents is 4. The fourth-order valence-corrected chi connectivity index (χ4v) is 9.14. The van der Waals surface area contributed by atoms with Gasteiger partial charge in [0.2, 0.25) is 0 Å². The number of methoxy groups -OCH3 is 3. The van der Waals surface area contributed by atoms with Gasteiger partial charge < -0.3 is 104 Å². The van der Waals surface area contributed by atoms with E-state index < -0.39 is 133 Å². The Morgan fingerprint density at radius 1 is 0.312 bits per heavy atom. The van der Waals surface area contributed by atoms with Crippen molar-refractivity contribution in [2.75, 3.05) is 168 Å². The molecule has 34 nitrogen and oxygen atoms in total. The smallest absolute Gasteiger partial charge is 0.255 e. The van der Waals surface area contributed by atoms with E-state index >= 15 is 0 Å². The number of hydrogen-bond donors (Lipinski definition) is 17. The van der Waals surface area contributed by atoms with Crippen molar-refractivity contribution in [2.45, 2.75) is 6.42 Å². The van der Waals surface area contributed by atoms with Crippen LogP contribution in [0, 0.1) is 0 Å². The maximum absolute atomic E-state index is 14.0. The van der Waals surface area contributed by atoms with Gasteiger partial charge >= 0.3 is 0 Å². The molecule has 34 heteroatoms. The highest BCUT2D eigenvalue weighted by Crippen LogP contribution is 2.29. The van der Waals surface area contributed by atoms with Crippen LogP contribution in [-0.4, -0.2) is 269 Å². The van der Waals surface area contributed by atoms with E-state index in [0.29, 0.717) is 6.42 Å². The minimum absolute atomic E-state index is 0.0220. The van der Waals surface area contributed by atoms with Crippen molar-refractivity contribution in [3.63, 3.8) is 0 Å². The molecule has 0 aliphatic rings. The van der Waals surface area contributed by atoms with Crippen LogP contribution in [0.3, 0.4) is 0 Å². The number of nitrogens with two attached hydrogens (primary N) is 1. The zero-order valence-electron chi connectivity index (χ0n) is 54.4. The summed E-state index contributed by atoms with van der Waals surface area (Å²) in [6, 6.07) is 8.79. The van der Waals surface area contributed by atoms with Crippen LogP contribution >= 0.6 is 0 Å². The number of carbonyl (C=O) groups excluding carboxylic acids is 12. The first-order valence-corrected chi connectivity index (χ1v) is 30.2. The summed E-state index contributed by atoms with van der Waals surface area (Å²) in [5, 5.41) is 75.4. The summed E-state index contributed by atoms with van der Waals surface area (Å²) in [6.07, 6.45) is 0.413. The molecule has 4 aromatic carbocycles. The molecule has 522 valence electrons. The van der Waals surface area contributed by atoms with E-state index in [1.165, 1.54) is 49.5 Å². The zero-order valence-corrected chi connectivity index (χ0v) is 54.4. The van der Waals surface area contributed by atoms with Crippen LogP contribution in [0.1, 0.15) is 131 Å². The van der Waals surface area contributed by atoms with Crippen molar-refractivity contribution < 1.29 is 92.2 Å². The molecular formula is C62H85N15O19. The lowest BCUT2D eigenvalue weighted by Gasteiger charge is -2.28. The largest absolute Gasteiger partial charge is 0.506 e. The van der Waals surface area contributed by atoms with Gasteiger partial charge in [0, 0.05) is 163 Å². The maximum atomic E-state index is 14.0. The topological polar surface area (TPSA) is 490 Å². The summed E-state index contributed by atoms with van der Waals surface area (Å²) in [5.41, 5.74) is 1.67. The highest BCUT2D eigenvalue weighted by Gasteiger charge is 2.28. The van der Waals surface area contributed by atoms with E-state index in [2.05, 4.69) is 63.8 Å². The third-order valence-electron chi connectivity index (χ3n) is 14.4. The number of amides is 12. The summed E-state index contributed by atoms with van der Waals surface area (Å²) in [7, 11) is 9.37. The van der Waals surface area contributed by atoms with Gasteiger partial charge in [0.25, 0.3) is 70.9 Å². The minimum Gasteiger partial charge on any atom is -0.506 e. The van der Waals surface area contributed by atoms with Crippen LogP contribution in [0.2, 0.25) is 0 Å². The lowest BCUT2D eigenvalue weighted by Crippen LogP contribution is -2.46. The van der Waals surface area contributed by atoms with Gasteiger partial charge in [0.1, 0.15) is 23.0 Å². The average molecular weight is 1340 g/mol.